The number of amides is 3. The van der Waals surface area contributed by atoms with Gasteiger partial charge in [0.1, 0.15) is 15.7 Å². The third-order valence-corrected chi connectivity index (χ3v) is 13.7. The Morgan fingerprint density at radius 2 is 1.96 bits per heavy atom. The van der Waals surface area contributed by atoms with Gasteiger partial charge in [-0.15, -0.1) is 4.36 Å². The molecule has 2 aromatic rings. The van der Waals surface area contributed by atoms with Crippen LogP contribution in [0.1, 0.15) is 87.7 Å². The predicted molar refractivity (Wildman–Crippen MR) is 205 cm³/mol. The summed E-state index contributed by atoms with van der Waals surface area (Å²) in [6.45, 7) is 11.8. The fourth-order valence-electron chi connectivity index (χ4n) is 8.61. The molecular weight excluding hydrogens is 684 g/mol. The Hall–Kier alpha value is -3.08. The highest BCUT2D eigenvalue weighted by Crippen LogP contribution is 2.45. The van der Waals surface area contributed by atoms with E-state index < -0.39 is 21.9 Å². The number of nitrogens with zero attached hydrogens (tertiary/aromatic N) is 3. The lowest BCUT2D eigenvalue weighted by atomic mass is 9.70. The normalized spacial score (nSPS) is 30.7. The molecule has 1 N–H and O–H groups in total. The molecule has 278 valence electrons. The number of allylic oxidation sites excluding steroid dienone is 1. The van der Waals surface area contributed by atoms with Crippen molar-refractivity contribution >= 4 is 39.1 Å². The molecule has 11 heteroatoms. The zero-order valence-electron chi connectivity index (χ0n) is 30.9. The summed E-state index contributed by atoms with van der Waals surface area (Å²) in [6, 6.07) is 11.2. The van der Waals surface area contributed by atoms with Gasteiger partial charge in [0.25, 0.3) is 5.91 Å². The minimum absolute atomic E-state index is 0.0540. The van der Waals surface area contributed by atoms with Crippen molar-refractivity contribution in [1.82, 2.24) is 9.62 Å². The maximum absolute atomic E-state index is 14.5. The molecule has 0 saturated carbocycles. The number of benzene rings is 2. The Kier molecular flexibility index (Phi) is 11.7. The molecule has 3 heterocycles. The molecule has 1 fully saturated rings. The fraction of sp³-hybridized carbons (Fsp3) is 0.600. The van der Waals surface area contributed by atoms with Crippen molar-refractivity contribution in [2.45, 2.75) is 84.2 Å². The molecule has 9 nitrogen and oxygen atoms in total. The van der Waals surface area contributed by atoms with Crippen LogP contribution in [0.25, 0.3) is 0 Å². The fourth-order valence-corrected chi connectivity index (χ4v) is 10.7. The molecule has 51 heavy (non-hydrogen) atoms. The Morgan fingerprint density at radius 1 is 1.16 bits per heavy atom. The Balaban J connectivity index is 1.43. The molecule has 3 aliphatic heterocycles. The van der Waals surface area contributed by atoms with Gasteiger partial charge in [0.2, 0.25) is 0 Å². The summed E-state index contributed by atoms with van der Waals surface area (Å²) in [6.07, 6.45) is 10.7. The molecule has 1 unspecified atom stereocenters. The summed E-state index contributed by atoms with van der Waals surface area (Å²) in [5.74, 6) is 0.960. The van der Waals surface area contributed by atoms with E-state index in [4.69, 9.17) is 21.1 Å². The Labute approximate surface area is 309 Å². The smallest absolute Gasteiger partial charge is 0.329 e. The van der Waals surface area contributed by atoms with E-state index in [1.165, 1.54) is 11.1 Å². The van der Waals surface area contributed by atoms with E-state index in [-0.39, 0.29) is 35.0 Å². The van der Waals surface area contributed by atoms with Crippen LogP contribution in [-0.2, 0) is 26.5 Å². The number of halogens is 1. The third-order valence-electron chi connectivity index (χ3n) is 11.5. The molecule has 6 rings (SSSR count). The molecule has 1 saturated heterocycles. The van der Waals surface area contributed by atoms with Crippen LogP contribution in [0.5, 0.6) is 5.75 Å². The zero-order chi connectivity index (χ0) is 36.3. The maximum Gasteiger partial charge on any atom is 0.329 e. The standard InChI is InChI=1S/C40H55ClN4O5S/c1-6-10-33-28(4)21-45-25-40(18-9-12-30-19-32(41)15-16-34(30)40)26-50-37-17-14-31(20-35(37)45)38(46)42-51(48,24-27(3)11-8-13-36(33)49-5)43-39(47)44-22-29(7-2)23-44/h8,13-17,19-20,27-29,33,36H,6-7,9-12,18,21-26H2,1-5H3,(H,42,43,46,47,48)/b13-8+/t27-,28-,33+,36-,40-,51?/m0/s1. The number of carbonyl (C=O) groups is 2. The van der Waals surface area contributed by atoms with Gasteiger partial charge in [-0.05, 0) is 104 Å². The molecule has 1 spiro atoms. The van der Waals surface area contributed by atoms with E-state index >= 15 is 0 Å². The van der Waals surface area contributed by atoms with Crippen molar-refractivity contribution in [2.75, 3.05) is 50.5 Å². The number of fused-ring (bicyclic) bond motifs is 3. The summed E-state index contributed by atoms with van der Waals surface area (Å²) >= 11 is 6.48. The number of methoxy groups -OCH3 is 1. The van der Waals surface area contributed by atoms with Gasteiger partial charge in [-0.3, -0.25) is 9.52 Å². The molecule has 1 aliphatic carbocycles. The molecule has 2 bridgehead atoms. The lowest BCUT2D eigenvalue weighted by Gasteiger charge is -2.42. The summed E-state index contributed by atoms with van der Waals surface area (Å²) in [5.41, 5.74) is 3.41. The summed E-state index contributed by atoms with van der Waals surface area (Å²) in [5, 5.41) is 0.743. The average Bonchev–Trinajstić information content (AvgIpc) is 3.21. The summed E-state index contributed by atoms with van der Waals surface area (Å²) < 4.78 is 34.4. The second-order valence-electron chi connectivity index (χ2n) is 15.5. The lowest BCUT2D eigenvalue weighted by molar-refractivity contribution is 0.0609. The van der Waals surface area contributed by atoms with Crippen LogP contribution in [0.2, 0.25) is 5.02 Å². The van der Waals surface area contributed by atoms with E-state index in [1.54, 1.807) is 18.1 Å². The van der Waals surface area contributed by atoms with Crippen LogP contribution in [0.3, 0.4) is 0 Å². The number of aryl methyl sites for hydroxylation is 1. The number of anilines is 1. The summed E-state index contributed by atoms with van der Waals surface area (Å²) in [4.78, 5) is 31.3. The Morgan fingerprint density at radius 3 is 2.71 bits per heavy atom. The van der Waals surface area contributed by atoms with Crippen molar-refractivity contribution in [1.29, 1.82) is 0 Å². The largest absolute Gasteiger partial charge is 0.490 e. The van der Waals surface area contributed by atoms with E-state index in [9.17, 15) is 13.8 Å². The number of likely N-dealkylation sites (tertiary alicyclic amines) is 1. The number of hydrogen-bond donors (Lipinski definition) is 1. The molecule has 0 radical (unpaired) electrons. The van der Waals surface area contributed by atoms with Crippen molar-refractivity contribution in [3.05, 3.63) is 70.3 Å². The van der Waals surface area contributed by atoms with Crippen LogP contribution in [0.4, 0.5) is 10.5 Å². The third kappa shape index (κ3) is 8.28. The first-order valence-corrected chi connectivity index (χ1v) is 20.9. The van der Waals surface area contributed by atoms with Crippen LogP contribution in [0, 0.1) is 23.7 Å². The number of carbonyl (C=O) groups excluding carboxylic acids is 2. The van der Waals surface area contributed by atoms with E-state index in [1.807, 2.05) is 25.1 Å². The van der Waals surface area contributed by atoms with Crippen LogP contribution < -0.4 is 14.4 Å². The van der Waals surface area contributed by atoms with Crippen LogP contribution >= 0.6 is 11.6 Å². The van der Waals surface area contributed by atoms with Gasteiger partial charge >= 0.3 is 6.03 Å². The van der Waals surface area contributed by atoms with Crippen LogP contribution in [-0.4, -0.2) is 72.8 Å². The zero-order valence-corrected chi connectivity index (χ0v) is 32.4. The molecular formula is C40H55ClN4O5S. The monoisotopic (exact) mass is 738 g/mol. The second-order valence-corrected chi connectivity index (χ2v) is 17.9. The van der Waals surface area contributed by atoms with E-state index in [0.717, 1.165) is 55.8 Å². The lowest BCUT2D eigenvalue weighted by Crippen LogP contribution is -2.55. The first kappa shape index (κ1) is 37.7. The first-order chi connectivity index (χ1) is 24.5. The average molecular weight is 739 g/mol. The topological polar surface area (TPSA) is 101 Å². The SMILES string of the molecule is CCC[C@H]1[C@@H](OC)/C=C/C[C@H](C)CS(=O)(NC(=O)N2CC(CC)C2)=NC(=O)c2ccc3c(c2)N(C[C@@H]1C)C[C@@]1(CCCc2cc(Cl)ccc21)CO3. The number of ether oxygens (including phenoxy) is 2. The van der Waals surface area contributed by atoms with E-state index in [0.29, 0.717) is 49.9 Å². The number of urea groups is 1. The number of hydrogen-bond acceptors (Lipinski definition) is 6. The molecule has 0 aromatic heterocycles. The van der Waals surface area contributed by atoms with Crippen molar-refractivity contribution in [2.24, 2.45) is 28.0 Å². The molecule has 6 atom stereocenters. The van der Waals surface area contributed by atoms with Gasteiger partial charge in [-0.2, -0.15) is 0 Å². The molecule has 2 aromatic carbocycles. The van der Waals surface area contributed by atoms with Gasteiger partial charge in [0.05, 0.1) is 24.2 Å². The van der Waals surface area contributed by atoms with Crippen molar-refractivity contribution < 1.29 is 23.3 Å². The van der Waals surface area contributed by atoms with Gasteiger partial charge in [-0.25, -0.2) is 9.00 Å². The molecule has 4 aliphatic rings. The highest BCUT2D eigenvalue weighted by atomic mass is 35.5. The highest BCUT2D eigenvalue weighted by molar-refractivity contribution is 7.92. The number of rotatable bonds is 5. The summed E-state index contributed by atoms with van der Waals surface area (Å²) in [7, 11) is -1.67. The van der Waals surface area contributed by atoms with Crippen molar-refractivity contribution in [3.63, 3.8) is 0 Å². The van der Waals surface area contributed by atoms with Gasteiger partial charge in [0.15, 0.2) is 0 Å². The predicted octanol–water partition coefficient (Wildman–Crippen LogP) is 8.05. The van der Waals surface area contributed by atoms with Gasteiger partial charge in [-0.1, -0.05) is 63.9 Å². The minimum Gasteiger partial charge on any atom is -0.490 e. The second kappa shape index (κ2) is 15.9. The quantitative estimate of drug-likeness (QED) is 0.312. The van der Waals surface area contributed by atoms with E-state index in [2.05, 4.69) is 59.0 Å². The van der Waals surface area contributed by atoms with Gasteiger partial charge in [0, 0.05) is 49.3 Å². The van der Waals surface area contributed by atoms with Crippen LogP contribution in [0.15, 0.2) is 52.9 Å². The molecule has 3 amide bonds. The maximum atomic E-state index is 14.5. The van der Waals surface area contributed by atoms with Crippen molar-refractivity contribution in [3.8, 4) is 5.75 Å². The van der Waals surface area contributed by atoms with Gasteiger partial charge < -0.3 is 19.3 Å². The Bertz CT molecular complexity index is 1750. The first-order valence-electron chi connectivity index (χ1n) is 18.8. The minimum atomic E-state index is -3.44. The highest BCUT2D eigenvalue weighted by Gasteiger charge is 2.43. The number of nitrogens with one attached hydrogen (secondary N) is 1.